The van der Waals surface area contributed by atoms with E-state index in [0.717, 1.165) is 22.1 Å². The Morgan fingerprint density at radius 1 is 1.32 bits per heavy atom. The molecule has 118 valence electrons. The second-order valence-corrected chi connectivity index (χ2v) is 5.38. The van der Waals surface area contributed by atoms with Gasteiger partial charge in [0, 0.05) is 0 Å². The summed E-state index contributed by atoms with van der Waals surface area (Å²) < 4.78 is 12.9. The smallest absolute Gasteiger partial charge is 0.229 e. The SMILES string of the molecule is [2H]C(O)(CCC)NC(=O)C(C)c1ccc2cc(OC)ccc2c1. The van der Waals surface area contributed by atoms with Crippen molar-refractivity contribution in [1.29, 1.82) is 0 Å². The molecule has 0 saturated carbocycles. The minimum absolute atomic E-state index is 0.197. The number of hydrogen-bond donors (Lipinski definition) is 2. The Balaban J connectivity index is 2.20. The van der Waals surface area contributed by atoms with Crippen molar-refractivity contribution in [2.75, 3.05) is 7.11 Å². The molecule has 2 aromatic carbocycles. The summed E-state index contributed by atoms with van der Waals surface area (Å²) in [5, 5.41) is 14.3. The first-order valence-corrected chi connectivity index (χ1v) is 7.48. The molecule has 2 unspecified atom stereocenters. The third kappa shape index (κ3) is 3.77. The number of ether oxygens (including phenoxy) is 1. The maximum absolute atomic E-state index is 12.3. The zero-order valence-corrected chi connectivity index (χ0v) is 13.2. The summed E-state index contributed by atoms with van der Waals surface area (Å²) in [6.45, 7) is 3.62. The molecule has 4 nitrogen and oxygen atoms in total. The monoisotopic (exact) mass is 302 g/mol. The Morgan fingerprint density at radius 2 is 2.00 bits per heavy atom. The van der Waals surface area contributed by atoms with Gasteiger partial charge in [-0.25, -0.2) is 0 Å². The summed E-state index contributed by atoms with van der Waals surface area (Å²) in [6.07, 6.45) is -1.10. The number of rotatable bonds is 6. The Morgan fingerprint density at radius 3 is 2.68 bits per heavy atom. The lowest BCUT2D eigenvalue weighted by molar-refractivity contribution is -0.125. The molecule has 0 aliphatic heterocycles. The van der Waals surface area contributed by atoms with Crippen LogP contribution in [0.4, 0.5) is 0 Å². The van der Waals surface area contributed by atoms with Crippen molar-refractivity contribution >= 4 is 16.7 Å². The Bertz CT molecular complexity index is 700. The largest absolute Gasteiger partial charge is 0.497 e. The van der Waals surface area contributed by atoms with E-state index in [9.17, 15) is 9.90 Å². The second kappa shape index (κ2) is 7.27. The Kier molecular flexibility index (Phi) is 4.91. The molecule has 0 spiro atoms. The predicted octanol–water partition coefficient (Wildman–Crippen LogP) is 3.19. The minimum atomic E-state index is -1.91. The number of nitrogens with one attached hydrogen (secondary N) is 1. The average Bonchev–Trinajstić information content (AvgIpc) is 2.52. The van der Waals surface area contributed by atoms with Gasteiger partial charge in [0.1, 0.15) is 12.0 Å². The fourth-order valence-electron chi connectivity index (χ4n) is 2.34. The van der Waals surface area contributed by atoms with Crippen molar-refractivity contribution in [3.05, 3.63) is 42.0 Å². The van der Waals surface area contributed by atoms with Gasteiger partial charge in [-0.15, -0.1) is 0 Å². The molecule has 0 saturated heterocycles. The van der Waals surface area contributed by atoms with E-state index in [1.807, 2.05) is 43.3 Å². The fraction of sp³-hybridized carbons (Fsp3) is 0.389. The highest BCUT2D eigenvalue weighted by Crippen LogP contribution is 2.25. The molecule has 0 heterocycles. The standard InChI is InChI=1S/C18H23NO3/c1-4-5-17(20)19-18(21)12(2)13-6-7-15-11-16(22-3)9-8-14(15)10-13/h6-12,17,20H,4-5H2,1-3H3,(H,19,21)/i17D. The van der Waals surface area contributed by atoms with Crippen LogP contribution in [0.3, 0.4) is 0 Å². The van der Waals surface area contributed by atoms with E-state index in [4.69, 9.17) is 6.11 Å². The number of carbonyl (C=O) groups excluding carboxylic acids is 1. The summed E-state index contributed by atoms with van der Waals surface area (Å²) in [6, 6.07) is 11.5. The molecule has 4 heteroatoms. The van der Waals surface area contributed by atoms with Gasteiger partial charge in [0.25, 0.3) is 0 Å². The van der Waals surface area contributed by atoms with Crippen LogP contribution in [0, 0.1) is 0 Å². The highest BCUT2D eigenvalue weighted by molar-refractivity contribution is 5.88. The molecule has 0 bridgehead atoms. The van der Waals surface area contributed by atoms with Crippen molar-refractivity contribution in [3.63, 3.8) is 0 Å². The van der Waals surface area contributed by atoms with Crippen LogP contribution in [0.1, 0.15) is 39.5 Å². The molecule has 22 heavy (non-hydrogen) atoms. The normalized spacial score (nSPS) is 15.7. The van der Waals surface area contributed by atoms with Crippen molar-refractivity contribution in [3.8, 4) is 5.75 Å². The van der Waals surface area contributed by atoms with E-state index < -0.39 is 12.1 Å². The minimum Gasteiger partial charge on any atom is -0.497 e. The van der Waals surface area contributed by atoms with Gasteiger partial charge < -0.3 is 15.2 Å². The van der Waals surface area contributed by atoms with Crippen LogP contribution in [0.5, 0.6) is 5.75 Å². The quantitative estimate of drug-likeness (QED) is 0.806. The molecule has 0 aliphatic carbocycles. The van der Waals surface area contributed by atoms with E-state index in [1.165, 1.54) is 0 Å². The van der Waals surface area contributed by atoms with Gasteiger partial charge in [-0.1, -0.05) is 37.6 Å². The van der Waals surface area contributed by atoms with Crippen LogP contribution in [0.25, 0.3) is 10.8 Å². The number of fused-ring (bicyclic) bond motifs is 1. The first kappa shape index (κ1) is 14.9. The Hall–Kier alpha value is -2.07. The van der Waals surface area contributed by atoms with Gasteiger partial charge in [-0.3, -0.25) is 4.79 Å². The number of benzene rings is 2. The van der Waals surface area contributed by atoms with Crippen LogP contribution in [0.15, 0.2) is 36.4 Å². The number of amides is 1. The van der Waals surface area contributed by atoms with Gasteiger partial charge in [-0.2, -0.15) is 0 Å². The van der Waals surface area contributed by atoms with E-state index in [-0.39, 0.29) is 12.3 Å². The average molecular weight is 302 g/mol. The highest BCUT2D eigenvalue weighted by Gasteiger charge is 2.17. The first-order chi connectivity index (χ1) is 10.9. The number of carbonyl (C=O) groups is 1. The zero-order valence-electron chi connectivity index (χ0n) is 14.2. The third-order valence-corrected chi connectivity index (χ3v) is 3.72. The van der Waals surface area contributed by atoms with E-state index in [0.29, 0.717) is 6.42 Å². The molecule has 1 amide bonds. The Labute approximate surface area is 132 Å². The summed E-state index contributed by atoms with van der Waals surface area (Å²) in [5.41, 5.74) is 0.840. The van der Waals surface area contributed by atoms with Crippen molar-refractivity contribution in [1.82, 2.24) is 5.32 Å². The van der Waals surface area contributed by atoms with Crippen molar-refractivity contribution in [2.45, 2.75) is 38.8 Å². The number of aliphatic hydroxyl groups is 1. The molecule has 0 aromatic heterocycles. The van der Waals surface area contributed by atoms with Crippen LogP contribution in [-0.4, -0.2) is 24.3 Å². The van der Waals surface area contributed by atoms with E-state index in [2.05, 4.69) is 5.32 Å². The van der Waals surface area contributed by atoms with E-state index >= 15 is 0 Å². The summed E-state index contributed by atoms with van der Waals surface area (Å²) in [4.78, 5) is 12.3. The van der Waals surface area contributed by atoms with Gasteiger partial charge in [0.05, 0.1) is 14.4 Å². The second-order valence-electron chi connectivity index (χ2n) is 5.38. The fourth-order valence-corrected chi connectivity index (χ4v) is 2.34. The molecule has 0 aliphatic rings. The van der Waals surface area contributed by atoms with Gasteiger partial charge in [-0.05, 0) is 41.8 Å². The van der Waals surface area contributed by atoms with Gasteiger partial charge in [0.15, 0.2) is 0 Å². The lowest BCUT2D eigenvalue weighted by atomic mass is 9.97. The van der Waals surface area contributed by atoms with Gasteiger partial charge >= 0.3 is 0 Å². The van der Waals surface area contributed by atoms with Crippen LogP contribution in [0.2, 0.25) is 0 Å². The predicted molar refractivity (Wildman–Crippen MR) is 88.0 cm³/mol. The third-order valence-electron chi connectivity index (χ3n) is 3.72. The molecule has 2 rings (SSSR count). The van der Waals surface area contributed by atoms with Crippen LogP contribution < -0.4 is 10.1 Å². The summed E-state index contributed by atoms with van der Waals surface area (Å²) >= 11 is 0. The molecular formula is C18H23NO3. The molecule has 0 fully saturated rings. The summed E-state index contributed by atoms with van der Waals surface area (Å²) in [7, 11) is 1.63. The molecule has 0 radical (unpaired) electrons. The van der Waals surface area contributed by atoms with Crippen molar-refractivity contribution < 1.29 is 16.0 Å². The van der Waals surface area contributed by atoms with Crippen LogP contribution >= 0.6 is 0 Å². The number of methoxy groups -OCH3 is 1. The maximum atomic E-state index is 12.3. The van der Waals surface area contributed by atoms with E-state index in [1.54, 1.807) is 14.0 Å². The highest BCUT2D eigenvalue weighted by atomic mass is 16.5. The molecule has 2 atom stereocenters. The lowest BCUT2D eigenvalue weighted by Crippen LogP contribution is -2.37. The first-order valence-electron chi connectivity index (χ1n) is 7.98. The number of hydrogen-bond acceptors (Lipinski definition) is 3. The van der Waals surface area contributed by atoms with Crippen LogP contribution in [-0.2, 0) is 4.79 Å². The molecule has 2 N–H and O–H groups in total. The topological polar surface area (TPSA) is 58.6 Å². The maximum Gasteiger partial charge on any atom is 0.229 e. The zero-order chi connectivity index (χ0) is 17.0. The van der Waals surface area contributed by atoms with Gasteiger partial charge in [0.2, 0.25) is 5.91 Å². The summed E-state index contributed by atoms with van der Waals surface area (Å²) in [5.74, 6) is -0.0195. The molecule has 2 aromatic rings. The molecular weight excluding hydrogens is 278 g/mol. The van der Waals surface area contributed by atoms with Crippen molar-refractivity contribution in [2.24, 2.45) is 0 Å². The lowest BCUT2D eigenvalue weighted by Gasteiger charge is -2.17.